The van der Waals surface area contributed by atoms with E-state index in [1.165, 1.54) is 0 Å². The number of hydrogen-bond donors (Lipinski definition) is 0. The summed E-state index contributed by atoms with van der Waals surface area (Å²) >= 11 is 2.99. The summed E-state index contributed by atoms with van der Waals surface area (Å²) in [6.45, 7) is 0. The van der Waals surface area contributed by atoms with Crippen molar-refractivity contribution in [2.24, 2.45) is 0 Å². The lowest BCUT2D eigenvalue weighted by molar-refractivity contribution is -0.137. The van der Waals surface area contributed by atoms with Crippen molar-refractivity contribution in [1.29, 1.82) is 0 Å². The average Bonchev–Trinajstić information content (AvgIpc) is 2.28. The molecule has 1 aromatic carbocycles. The van der Waals surface area contributed by atoms with Crippen LogP contribution in [0.5, 0.6) is 0 Å². The highest BCUT2D eigenvalue weighted by Crippen LogP contribution is 2.33. The number of halogens is 4. The molecule has 0 aliphatic carbocycles. The van der Waals surface area contributed by atoms with Gasteiger partial charge in [-0.2, -0.15) is 13.2 Å². The summed E-state index contributed by atoms with van der Waals surface area (Å²) in [5.74, 6) is 0. The Labute approximate surface area is 104 Å². The van der Waals surface area contributed by atoms with Crippen LogP contribution in [-0.4, -0.2) is 4.98 Å². The summed E-state index contributed by atoms with van der Waals surface area (Å²) in [5.41, 5.74) is 0.241. The Morgan fingerprint density at radius 2 is 1.65 bits per heavy atom. The van der Waals surface area contributed by atoms with E-state index in [4.69, 9.17) is 0 Å². The van der Waals surface area contributed by atoms with E-state index in [1.807, 2.05) is 0 Å². The molecule has 17 heavy (non-hydrogen) atoms. The molecule has 0 N–H and O–H groups in total. The topological polar surface area (TPSA) is 12.9 Å². The van der Waals surface area contributed by atoms with E-state index in [2.05, 4.69) is 20.9 Å². The summed E-state index contributed by atoms with van der Waals surface area (Å²) in [7, 11) is 0. The summed E-state index contributed by atoms with van der Waals surface area (Å²) in [4.78, 5) is 4.03. The Hall–Kier alpha value is -1.36. The zero-order chi connectivity index (χ0) is 12.5. The monoisotopic (exact) mass is 301 g/mol. The van der Waals surface area contributed by atoms with Crippen molar-refractivity contribution in [1.82, 2.24) is 4.98 Å². The van der Waals surface area contributed by atoms with Crippen molar-refractivity contribution >= 4 is 15.9 Å². The smallest absolute Gasteiger partial charge is 0.241 e. The van der Waals surface area contributed by atoms with E-state index >= 15 is 0 Å². The fraction of sp³-hybridized carbons (Fsp3) is 0.0833. The third-order valence-electron chi connectivity index (χ3n) is 2.19. The number of pyridine rings is 1. The summed E-state index contributed by atoms with van der Waals surface area (Å²) in [6.07, 6.45) is -4.37. The van der Waals surface area contributed by atoms with Crippen molar-refractivity contribution in [3.8, 4) is 11.3 Å². The van der Waals surface area contributed by atoms with Crippen LogP contribution in [0.4, 0.5) is 13.2 Å². The first-order chi connectivity index (χ1) is 7.97. The maximum Gasteiger partial charge on any atom is 0.416 e. The second-order valence-corrected chi connectivity index (χ2v) is 4.24. The molecule has 0 atom stereocenters. The number of hydrogen-bond acceptors (Lipinski definition) is 1. The Bertz CT molecular complexity index is 523. The molecule has 0 fully saturated rings. The van der Waals surface area contributed by atoms with Gasteiger partial charge in [0, 0.05) is 5.56 Å². The molecule has 5 heteroatoms. The van der Waals surface area contributed by atoms with Crippen LogP contribution in [0.1, 0.15) is 5.56 Å². The minimum atomic E-state index is -4.37. The van der Waals surface area contributed by atoms with E-state index in [9.17, 15) is 13.2 Å². The largest absolute Gasteiger partial charge is 0.416 e. The zero-order valence-corrected chi connectivity index (χ0v) is 10.1. The predicted molar refractivity (Wildman–Crippen MR) is 62.4 cm³/mol. The molecule has 88 valence electrons. The van der Waals surface area contributed by atoms with Gasteiger partial charge in [0.05, 0.1) is 11.3 Å². The molecule has 0 aliphatic rings. The first-order valence-electron chi connectivity index (χ1n) is 4.77. The van der Waals surface area contributed by atoms with Gasteiger partial charge in [-0.1, -0.05) is 30.3 Å². The molecular weight excluding hydrogens is 295 g/mol. The molecule has 0 radical (unpaired) electrons. The molecule has 2 rings (SSSR count). The molecule has 0 unspecified atom stereocenters. The quantitative estimate of drug-likeness (QED) is 0.705. The van der Waals surface area contributed by atoms with Gasteiger partial charge >= 0.3 is 6.18 Å². The Balaban J connectivity index is 2.54. The number of aromatic nitrogens is 1. The van der Waals surface area contributed by atoms with Gasteiger partial charge in [0.2, 0.25) is 0 Å². The highest BCUT2D eigenvalue weighted by Gasteiger charge is 2.31. The van der Waals surface area contributed by atoms with Crippen molar-refractivity contribution in [3.05, 3.63) is 52.6 Å². The number of nitrogens with zero attached hydrogens (tertiary/aromatic N) is 1. The molecule has 1 nitrogen and oxygen atoms in total. The third kappa shape index (κ3) is 2.85. The number of benzene rings is 1. The minimum absolute atomic E-state index is 0.172. The zero-order valence-electron chi connectivity index (χ0n) is 8.50. The first-order valence-corrected chi connectivity index (χ1v) is 5.56. The molecule has 0 spiro atoms. The lowest BCUT2D eigenvalue weighted by atomic mass is 10.1. The normalized spacial score (nSPS) is 11.5. The van der Waals surface area contributed by atoms with Crippen LogP contribution in [-0.2, 0) is 6.18 Å². The fourth-order valence-electron chi connectivity index (χ4n) is 1.42. The van der Waals surface area contributed by atoms with Gasteiger partial charge in [-0.25, -0.2) is 4.98 Å². The second kappa shape index (κ2) is 4.49. The van der Waals surface area contributed by atoms with Crippen molar-refractivity contribution in [2.75, 3.05) is 0 Å². The van der Waals surface area contributed by atoms with E-state index in [-0.39, 0.29) is 4.60 Å². The lowest BCUT2D eigenvalue weighted by Gasteiger charge is -2.09. The molecule has 0 saturated heterocycles. The number of rotatable bonds is 1. The SMILES string of the molecule is FC(F)(F)c1cc(Br)nc(-c2ccccc2)c1. The lowest BCUT2D eigenvalue weighted by Crippen LogP contribution is -2.05. The van der Waals surface area contributed by atoms with E-state index in [1.54, 1.807) is 30.3 Å². The summed E-state index contributed by atoms with van der Waals surface area (Å²) in [6, 6.07) is 10.7. The molecule has 1 aromatic heterocycles. The van der Waals surface area contributed by atoms with E-state index in [0.29, 0.717) is 11.3 Å². The van der Waals surface area contributed by atoms with Crippen LogP contribution in [0.15, 0.2) is 47.1 Å². The van der Waals surface area contributed by atoms with Gasteiger partial charge in [0.1, 0.15) is 4.60 Å². The van der Waals surface area contributed by atoms with Crippen LogP contribution < -0.4 is 0 Å². The third-order valence-corrected chi connectivity index (χ3v) is 2.60. The van der Waals surface area contributed by atoms with Crippen molar-refractivity contribution < 1.29 is 13.2 Å². The Morgan fingerprint density at radius 1 is 1.00 bits per heavy atom. The van der Waals surface area contributed by atoms with Crippen molar-refractivity contribution in [3.63, 3.8) is 0 Å². The highest BCUT2D eigenvalue weighted by molar-refractivity contribution is 9.10. The van der Waals surface area contributed by atoms with E-state index < -0.39 is 11.7 Å². The Kier molecular flexibility index (Phi) is 3.19. The molecular formula is C12H7BrF3N. The number of alkyl halides is 3. The van der Waals surface area contributed by atoms with E-state index in [0.717, 1.165) is 12.1 Å². The summed E-state index contributed by atoms with van der Waals surface area (Å²) in [5, 5.41) is 0. The van der Waals surface area contributed by atoms with Crippen LogP contribution in [0, 0.1) is 0 Å². The standard InChI is InChI=1S/C12H7BrF3N/c13-11-7-9(12(14,15)16)6-10(17-11)8-4-2-1-3-5-8/h1-7H. The molecule has 2 aromatic rings. The highest BCUT2D eigenvalue weighted by atomic mass is 79.9. The van der Waals surface area contributed by atoms with Gasteiger partial charge < -0.3 is 0 Å². The van der Waals surface area contributed by atoms with Gasteiger partial charge in [0.25, 0.3) is 0 Å². The van der Waals surface area contributed by atoms with Gasteiger partial charge in [-0.05, 0) is 28.1 Å². The molecule has 0 aliphatic heterocycles. The van der Waals surface area contributed by atoms with Gasteiger partial charge in [-0.15, -0.1) is 0 Å². The second-order valence-electron chi connectivity index (χ2n) is 3.43. The first kappa shape index (κ1) is 12.1. The summed E-state index contributed by atoms with van der Waals surface area (Å²) < 4.78 is 38.0. The fourth-order valence-corrected chi connectivity index (χ4v) is 1.86. The van der Waals surface area contributed by atoms with Crippen molar-refractivity contribution in [2.45, 2.75) is 6.18 Å². The predicted octanol–water partition coefficient (Wildman–Crippen LogP) is 4.53. The van der Waals surface area contributed by atoms with Crippen LogP contribution >= 0.6 is 15.9 Å². The van der Waals surface area contributed by atoms with Crippen LogP contribution in [0.2, 0.25) is 0 Å². The maximum atomic E-state index is 12.6. The van der Waals surface area contributed by atoms with Gasteiger partial charge in [-0.3, -0.25) is 0 Å². The molecule has 0 saturated carbocycles. The molecule has 0 amide bonds. The van der Waals surface area contributed by atoms with Crippen LogP contribution in [0.25, 0.3) is 11.3 Å². The molecule has 0 bridgehead atoms. The Morgan fingerprint density at radius 3 is 2.24 bits per heavy atom. The minimum Gasteiger partial charge on any atom is -0.241 e. The van der Waals surface area contributed by atoms with Crippen LogP contribution in [0.3, 0.4) is 0 Å². The maximum absolute atomic E-state index is 12.6. The average molecular weight is 302 g/mol. The van der Waals surface area contributed by atoms with Gasteiger partial charge in [0.15, 0.2) is 0 Å². The molecule has 1 heterocycles.